The number of benzene rings is 1. The van der Waals surface area contributed by atoms with Gasteiger partial charge in [-0.05, 0) is 41.7 Å². The smallest absolute Gasteiger partial charge is 0.255 e. The summed E-state index contributed by atoms with van der Waals surface area (Å²) < 4.78 is 1.46. The number of hydrogen-bond donors (Lipinski definition) is 1. The third-order valence-corrected chi connectivity index (χ3v) is 5.14. The van der Waals surface area contributed by atoms with Crippen molar-refractivity contribution >= 4 is 22.4 Å². The van der Waals surface area contributed by atoms with Crippen LogP contribution in [0, 0.1) is 0 Å². The molecule has 1 aromatic carbocycles. The van der Waals surface area contributed by atoms with E-state index in [-0.39, 0.29) is 5.91 Å². The molecule has 0 spiro atoms. The lowest BCUT2D eigenvalue weighted by molar-refractivity contribution is -0.118. The molecule has 0 bridgehead atoms. The summed E-state index contributed by atoms with van der Waals surface area (Å²) in [5.41, 5.74) is 1.95. The van der Waals surface area contributed by atoms with Crippen LogP contribution in [0.5, 0.6) is 0 Å². The van der Waals surface area contributed by atoms with E-state index in [1.165, 1.54) is 28.7 Å². The molecule has 24 heavy (non-hydrogen) atoms. The number of fused-ring (bicyclic) bond motifs is 1. The Labute approximate surface area is 142 Å². The minimum atomic E-state index is -0.623. The molecule has 2 heterocycles. The van der Waals surface area contributed by atoms with Gasteiger partial charge < -0.3 is 0 Å². The van der Waals surface area contributed by atoms with Gasteiger partial charge >= 0.3 is 0 Å². The fourth-order valence-corrected chi connectivity index (χ4v) is 3.98. The second-order valence-corrected chi connectivity index (χ2v) is 6.77. The van der Waals surface area contributed by atoms with Gasteiger partial charge in [-0.2, -0.15) is 0 Å². The molecule has 0 radical (unpaired) electrons. The van der Waals surface area contributed by atoms with Crippen LogP contribution in [-0.4, -0.2) is 31.1 Å². The zero-order valence-corrected chi connectivity index (χ0v) is 13.7. The maximum atomic E-state index is 12.9. The van der Waals surface area contributed by atoms with Crippen molar-refractivity contribution in [3.05, 3.63) is 52.8 Å². The molecule has 122 valence electrons. The number of carbonyl (C=O) groups is 1. The maximum absolute atomic E-state index is 12.9. The Morgan fingerprint density at radius 3 is 2.79 bits per heavy atom. The number of carbonyl (C=O) groups excluding carboxylic acids is 1. The number of thiazole rings is 1. The molecule has 0 saturated carbocycles. The van der Waals surface area contributed by atoms with Crippen molar-refractivity contribution in [2.24, 2.45) is 0 Å². The van der Waals surface area contributed by atoms with Crippen molar-refractivity contribution < 1.29 is 4.79 Å². The zero-order valence-electron chi connectivity index (χ0n) is 12.9. The number of hydrogen-bond acceptors (Lipinski definition) is 6. The van der Waals surface area contributed by atoms with Gasteiger partial charge in [0.15, 0.2) is 11.2 Å². The highest BCUT2D eigenvalue weighted by atomic mass is 32.1. The highest BCUT2D eigenvalue weighted by Gasteiger charge is 2.25. The molecular formula is C16H16N6OS. The molecule has 4 rings (SSSR count). The predicted octanol–water partition coefficient (Wildman–Crippen LogP) is 2.24. The summed E-state index contributed by atoms with van der Waals surface area (Å²) in [4.78, 5) is 18.7. The van der Waals surface area contributed by atoms with Gasteiger partial charge in [-0.1, -0.05) is 30.3 Å². The summed E-state index contributed by atoms with van der Waals surface area (Å²) in [6, 6.07) is 8.84. The summed E-state index contributed by atoms with van der Waals surface area (Å²) in [7, 11) is 0. The highest BCUT2D eigenvalue weighted by molar-refractivity contribution is 7.15. The molecule has 0 fully saturated rings. The van der Waals surface area contributed by atoms with Crippen molar-refractivity contribution in [2.75, 3.05) is 5.32 Å². The van der Waals surface area contributed by atoms with Crippen molar-refractivity contribution in [2.45, 2.75) is 31.7 Å². The number of tetrazole rings is 1. The van der Waals surface area contributed by atoms with E-state index in [1.807, 2.05) is 30.3 Å². The standard InChI is InChI=1S/C16H16N6OS/c23-15(19-16-18-12-8-4-5-9-13(12)24-16)14(22-10-17-20-21-22)11-6-2-1-3-7-11/h1-3,6-7,10,14H,4-5,8-9H2,(H,18,19,23)/t14-/m0/s1. The van der Waals surface area contributed by atoms with Crippen LogP contribution in [0.25, 0.3) is 0 Å². The van der Waals surface area contributed by atoms with E-state index in [1.54, 1.807) is 11.3 Å². The molecule has 1 amide bonds. The normalized spacial score (nSPS) is 14.8. The van der Waals surface area contributed by atoms with Crippen molar-refractivity contribution in [3.63, 3.8) is 0 Å². The third-order valence-electron chi connectivity index (χ3n) is 4.07. The quantitative estimate of drug-likeness (QED) is 0.787. The maximum Gasteiger partial charge on any atom is 0.255 e. The molecule has 7 nitrogen and oxygen atoms in total. The van der Waals surface area contributed by atoms with E-state index in [9.17, 15) is 4.79 Å². The molecular weight excluding hydrogens is 324 g/mol. The van der Waals surface area contributed by atoms with Gasteiger partial charge in [0.25, 0.3) is 5.91 Å². The van der Waals surface area contributed by atoms with Crippen LogP contribution >= 0.6 is 11.3 Å². The third kappa shape index (κ3) is 2.92. The first-order valence-electron chi connectivity index (χ1n) is 7.88. The minimum absolute atomic E-state index is 0.195. The molecule has 2 aromatic heterocycles. The Morgan fingerprint density at radius 2 is 2.04 bits per heavy atom. The van der Waals surface area contributed by atoms with Gasteiger partial charge in [-0.25, -0.2) is 9.67 Å². The van der Waals surface area contributed by atoms with E-state index in [0.717, 1.165) is 24.1 Å². The van der Waals surface area contributed by atoms with Gasteiger partial charge in [0.05, 0.1) is 5.69 Å². The molecule has 0 aliphatic heterocycles. The first-order chi connectivity index (χ1) is 11.8. The second kappa shape index (κ2) is 6.48. The van der Waals surface area contributed by atoms with E-state index >= 15 is 0 Å². The lowest BCUT2D eigenvalue weighted by atomic mass is 10.0. The molecule has 8 heteroatoms. The summed E-state index contributed by atoms with van der Waals surface area (Å²) in [5.74, 6) is -0.195. The Balaban J connectivity index is 1.61. The number of amides is 1. The summed E-state index contributed by atoms with van der Waals surface area (Å²) >= 11 is 1.57. The Hall–Kier alpha value is -2.61. The van der Waals surface area contributed by atoms with Gasteiger partial charge in [0.2, 0.25) is 0 Å². The summed E-state index contributed by atoms with van der Waals surface area (Å²) in [6.45, 7) is 0. The Kier molecular flexibility index (Phi) is 4.04. The summed E-state index contributed by atoms with van der Waals surface area (Å²) in [6.07, 6.45) is 5.86. The highest BCUT2D eigenvalue weighted by Crippen LogP contribution is 2.30. The van der Waals surface area contributed by atoms with Crippen LogP contribution < -0.4 is 5.32 Å². The van der Waals surface area contributed by atoms with Crippen molar-refractivity contribution in [1.29, 1.82) is 0 Å². The SMILES string of the molecule is O=C(Nc1nc2c(s1)CCCC2)[C@H](c1ccccc1)n1cnnn1. The fourth-order valence-electron chi connectivity index (χ4n) is 2.93. The lowest BCUT2D eigenvalue weighted by Crippen LogP contribution is -2.27. The van der Waals surface area contributed by atoms with E-state index < -0.39 is 6.04 Å². The van der Waals surface area contributed by atoms with Gasteiger partial charge in [-0.15, -0.1) is 16.4 Å². The minimum Gasteiger partial charge on any atom is -0.300 e. The van der Waals surface area contributed by atoms with Crippen molar-refractivity contribution in [3.8, 4) is 0 Å². The van der Waals surface area contributed by atoms with Gasteiger partial charge in [-0.3, -0.25) is 10.1 Å². The number of nitrogens with one attached hydrogen (secondary N) is 1. The number of nitrogens with zero attached hydrogens (tertiary/aromatic N) is 5. The van der Waals surface area contributed by atoms with Crippen LogP contribution in [0.2, 0.25) is 0 Å². The molecule has 1 aliphatic rings. The van der Waals surface area contributed by atoms with E-state index in [0.29, 0.717) is 5.13 Å². The monoisotopic (exact) mass is 340 g/mol. The zero-order chi connectivity index (χ0) is 16.4. The molecule has 0 unspecified atom stereocenters. The van der Waals surface area contributed by atoms with Gasteiger partial charge in [0, 0.05) is 4.88 Å². The fraction of sp³-hybridized carbons (Fsp3) is 0.312. The molecule has 1 aliphatic carbocycles. The van der Waals surface area contributed by atoms with Crippen LogP contribution in [-0.2, 0) is 17.6 Å². The lowest BCUT2D eigenvalue weighted by Gasteiger charge is -2.15. The van der Waals surface area contributed by atoms with E-state index in [4.69, 9.17) is 0 Å². The van der Waals surface area contributed by atoms with Crippen LogP contribution in [0.4, 0.5) is 5.13 Å². The second-order valence-electron chi connectivity index (χ2n) is 5.69. The van der Waals surface area contributed by atoms with Gasteiger partial charge in [0.1, 0.15) is 6.33 Å². The van der Waals surface area contributed by atoms with Crippen LogP contribution in [0.1, 0.15) is 35.0 Å². The molecule has 1 N–H and O–H groups in total. The predicted molar refractivity (Wildman–Crippen MR) is 89.8 cm³/mol. The Morgan fingerprint density at radius 1 is 1.21 bits per heavy atom. The van der Waals surface area contributed by atoms with Crippen molar-refractivity contribution in [1.82, 2.24) is 25.2 Å². The number of aromatic nitrogens is 5. The first kappa shape index (κ1) is 14.9. The molecule has 1 atom stereocenters. The Bertz CT molecular complexity index is 806. The summed E-state index contributed by atoms with van der Waals surface area (Å²) in [5, 5.41) is 14.8. The number of aryl methyl sites for hydroxylation is 2. The molecule has 3 aromatic rings. The average Bonchev–Trinajstić information content (AvgIpc) is 3.25. The number of rotatable bonds is 4. The molecule has 0 saturated heterocycles. The average molecular weight is 340 g/mol. The largest absolute Gasteiger partial charge is 0.300 e. The van der Waals surface area contributed by atoms with Crippen LogP contribution in [0.15, 0.2) is 36.7 Å². The van der Waals surface area contributed by atoms with E-state index in [2.05, 4.69) is 25.8 Å². The van der Waals surface area contributed by atoms with Crippen LogP contribution in [0.3, 0.4) is 0 Å². The topological polar surface area (TPSA) is 85.6 Å². The number of anilines is 1. The first-order valence-corrected chi connectivity index (χ1v) is 8.70.